The van der Waals surface area contributed by atoms with Crippen LogP contribution in [0.15, 0.2) is 48.7 Å². The maximum absolute atomic E-state index is 5.27. The molecule has 0 amide bonds. The predicted octanol–water partition coefficient (Wildman–Crippen LogP) is 4.05. The van der Waals surface area contributed by atoms with Crippen LogP contribution in [0.5, 0.6) is 0 Å². The van der Waals surface area contributed by atoms with Gasteiger partial charge in [-0.2, -0.15) is 0 Å². The van der Waals surface area contributed by atoms with Gasteiger partial charge in [0.15, 0.2) is 0 Å². The molecule has 66 valence electrons. The number of benzene rings is 1. The Bertz CT molecular complexity index is 179. The van der Waals surface area contributed by atoms with Crippen molar-refractivity contribution in [3.63, 3.8) is 0 Å². The van der Waals surface area contributed by atoms with Crippen LogP contribution in [0.3, 0.4) is 0 Å². The lowest BCUT2D eigenvalue weighted by molar-refractivity contribution is 1.72. The minimum atomic E-state index is -2.45. The first-order chi connectivity index (χ1) is 5.56. The van der Waals surface area contributed by atoms with Crippen molar-refractivity contribution in [1.29, 1.82) is 0 Å². The van der Waals surface area contributed by atoms with Crippen LogP contribution in [0.1, 0.15) is 0 Å². The highest BCUT2D eigenvalue weighted by Gasteiger charge is 2.17. The molecule has 0 bridgehead atoms. The molecular formula is C8H9Cl3Si. The molecule has 12 heavy (non-hydrogen) atoms. The molecule has 0 nitrogen and oxygen atoms in total. The third-order valence-electron chi connectivity index (χ3n) is 0.898. The summed E-state index contributed by atoms with van der Waals surface area (Å²) in [6, 6.07) is 9.55. The molecule has 1 aromatic carbocycles. The van der Waals surface area contributed by atoms with E-state index in [0.29, 0.717) is 0 Å². The van der Waals surface area contributed by atoms with E-state index in [2.05, 4.69) is 6.58 Å². The average Bonchev–Trinajstić information content (AvgIpc) is 2.07. The van der Waals surface area contributed by atoms with Gasteiger partial charge in [0, 0.05) is 0 Å². The molecule has 1 aromatic rings. The molecule has 0 fully saturated rings. The zero-order chi connectivity index (χ0) is 9.45. The maximum Gasteiger partial charge on any atom is 0.365 e. The van der Waals surface area contributed by atoms with Crippen molar-refractivity contribution in [3.05, 3.63) is 48.7 Å². The van der Waals surface area contributed by atoms with Crippen LogP contribution in [-0.4, -0.2) is 6.00 Å². The third-order valence-corrected chi connectivity index (χ3v) is 2.75. The summed E-state index contributed by atoms with van der Waals surface area (Å²) in [5.41, 5.74) is 1.37. The van der Waals surface area contributed by atoms with Crippen molar-refractivity contribution in [1.82, 2.24) is 0 Å². The van der Waals surface area contributed by atoms with E-state index >= 15 is 0 Å². The number of hydrogen-bond donors (Lipinski definition) is 0. The lowest BCUT2D eigenvalue weighted by Gasteiger charge is -1.92. The second-order valence-corrected chi connectivity index (χ2v) is 10.5. The number of rotatable bonds is 1. The van der Waals surface area contributed by atoms with E-state index < -0.39 is 6.00 Å². The molecule has 0 saturated carbocycles. The van der Waals surface area contributed by atoms with Gasteiger partial charge in [0.05, 0.1) is 0 Å². The molecule has 0 radical (unpaired) electrons. The second kappa shape index (κ2) is 6.55. The molecule has 0 saturated heterocycles. The Kier molecular flexibility index (Phi) is 6.58. The molecule has 0 spiro atoms. The quantitative estimate of drug-likeness (QED) is 0.512. The van der Waals surface area contributed by atoms with Crippen molar-refractivity contribution in [2.75, 3.05) is 0 Å². The van der Waals surface area contributed by atoms with Gasteiger partial charge in [0.25, 0.3) is 0 Å². The van der Waals surface area contributed by atoms with Gasteiger partial charge in [0.1, 0.15) is 0 Å². The standard InChI is InChI=1S/C6H6.C2H3Cl3Si/c1-2-4-6-5-3-1;1-2-6(3,4)5/h1-6H;2H,1H2. The van der Waals surface area contributed by atoms with Crippen molar-refractivity contribution >= 4 is 39.2 Å². The van der Waals surface area contributed by atoms with E-state index in [1.807, 2.05) is 36.4 Å². The molecule has 0 unspecified atom stereocenters. The van der Waals surface area contributed by atoms with Gasteiger partial charge in [0.2, 0.25) is 0 Å². The topological polar surface area (TPSA) is 0 Å². The third kappa shape index (κ3) is 10.0. The molecule has 0 atom stereocenters. The summed E-state index contributed by atoms with van der Waals surface area (Å²) in [7, 11) is 0. The molecule has 0 aromatic heterocycles. The monoisotopic (exact) mass is 238 g/mol. The smallest absolute Gasteiger partial charge is 0.121 e. The maximum atomic E-state index is 5.27. The summed E-state index contributed by atoms with van der Waals surface area (Å²) < 4.78 is 0. The van der Waals surface area contributed by atoms with Crippen molar-refractivity contribution in [2.24, 2.45) is 0 Å². The Hall–Kier alpha value is 0.0469. The van der Waals surface area contributed by atoms with Crippen LogP contribution in [0.25, 0.3) is 0 Å². The van der Waals surface area contributed by atoms with E-state index in [1.165, 1.54) is 5.70 Å². The molecule has 0 N–H and O–H groups in total. The van der Waals surface area contributed by atoms with Gasteiger partial charge in [-0.25, -0.2) is 0 Å². The fourth-order valence-electron chi connectivity index (χ4n) is 0.385. The van der Waals surface area contributed by atoms with Crippen molar-refractivity contribution in [2.45, 2.75) is 0 Å². The van der Waals surface area contributed by atoms with E-state index in [0.717, 1.165) is 0 Å². The van der Waals surface area contributed by atoms with Crippen LogP contribution in [0, 0.1) is 0 Å². The van der Waals surface area contributed by atoms with Crippen LogP contribution >= 0.6 is 33.2 Å². The summed E-state index contributed by atoms with van der Waals surface area (Å²) in [4.78, 5) is 0. The van der Waals surface area contributed by atoms with Gasteiger partial charge in [-0.1, -0.05) is 42.1 Å². The normalized spacial score (nSPS) is 9.58. The summed E-state index contributed by atoms with van der Waals surface area (Å²) in [5.74, 6) is 0. The van der Waals surface area contributed by atoms with Gasteiger partial charge >= 0.3 is 6.00 Å². The molecule has 0 heterocycles. The minimum Gasteiger partial charge on any atom is -0.121 e. The molecule has 0 aliphatic heterocycles. The minimum absolute atomic E-state index is 1.37. The van der Waals surface area contributed by atoms with Gasteiger partial charge < -0.3 is 0 Å². The molecular weight excluding hydrogens is 231 g/mol. The van der Waals surface area contributed by atoms with Gasteiger partial charge in [-0.3, -0.25) is 0 Å². The Morgan fingerprint density at radius 2 is 1.00 bits per heavy atom. The highest BCUT2D eigenvalue weighted by atomic mass is 35.8. The molecule has 0 aliphatic rings. The zero-order valence-corrected chi connectivity index (χ0v) is 9.65. The first-order valence-electron chi connectivity index (χ1n) is 3.26. The summed E-state index contributed by atoms with van der Waals surface area (Å²) in [6.45, 7) is 3.30. The van der Waals surface area contributed by atoms with E-state index in [-0.39, 0.29) is 0 Å². The van der Waals surface area contributed by atoms with Crippen LogP contribution in [-0.2, 0) is 0 Å². The van der Waals surface area contributed by atoms with Crippen molar-refractivity contribution in [3.8, 4) is 0 Å². The highest BCUT2D eigenvalue weighted by Crippen LogP contribution is 2.19. The van der Waals surface area contributed by atoms with Gasteiger partial charge in [-0.05, 0) is 0 Å². The number of hydrogen-bond acceptors (Lipinski definition) is 0. The molecule has 0 aliphatic carbocycles. The van der Waals surface area contributed by atoms with Crippen LogP contribution in [0.4, 0.5) is 0 Å². The largest absolute Gasteiger partial charge is 0.365 e. The second-order valence-electron chi connectivity index (χ2n) is 1.90. The fourth-order valence-corrected chi connectivity index (χ4v) is 0.385. The Morgan fingerprint density at radius 3 is 1.08 bits per heavy atom. The summed E-state index contributed by atoms with van der Waals surface area (Å²) in [6.07, 6.45) is 0. The number of halogens is 3. The zero-order valence-electron chi connectivity index (χ0n) is 6.38. The summed E-state index contributed by atoms with van der Waals surface area (Å²) in [5, 5.41) is 0. The summed E-state index contributed by atoms with van der Waals surface area (Å²) >= 11 is 15.8. The van der Waals surface area contributed by atoms with E-state index in [4.69, 9.17) is 33.2 Å². The average molecular weight is 240 g/mol. The Morgan fingerprint density at radius 1 is 0.833 bits per heavy atom. The first kappa shape index (κ1) is 12.0. The molecule has 4 heteroatoms. The van der Waals surface area contributed by atoms with E-state index in [9.17, 15) is 0 Å². The Labute approximate surface area is 87.9 Å². The lowest BCUT2D eigenvalue weighted by Crippen LogP contribution is -2.01. The van der Waals surface area contributed by atoms with Crippen LogP contribution in [0.2, 0.25) is 0 Å². The first-order valence-corrected chi connectivity index (χ1v) is 8.38. The van der Waals surface area contributed by atoms with Gasteiger partial charge in [-0.15, -0.1) is 39.8 Å². The highest BCUT2D eigenvalue weighted by molar-refractivity contribution is 7.66. The van der Waals surface area contributed by atoms with Crippen molar-refractivity contribution < 1.29 is 0 Å². The SMILES string of the molecule is C=C[Si](Cl)(Cl)Cl.c1ccccc1. The molecule has 1 rings (SSSR count). The van der Waals surface area contributed by atoms with E-state index in [1.54, 1.807) is 0 Å². The predicted molar refractivity (Wildman–Crippen MR) is 60.0 cm³/mol. The van der Waals surface area contributed by atoms with Crippen LogP contribution < -0.4 is 0 Å². The lowest BCUT2D eigenvalue weighted by atomic mass is 10.4. The Balaban J connectivity index is 0.000000202. The fraction of sp³-hybridized carbons (Fsp3) is 0.